The first-order valence-electron chi connectivity index (χ1n) is 20.8. The average Bonchev–Trinajstić information content (AvgIpc) is 3.78. The van der Waals surface area contributed by atoms with E-state index in [2.05, 4.69) is 232 Å². The SMILES string of the molecule is Cc1ccc(-c2cccc(-c3ccc(N(c4ccc(-c5ccc6sc7ccccc7c6c5)cc4)c4ccc5c(c4)C(C)(C)c4cc(-c6ccccc6)ccc4-5)cc3)c2)cc1. The van der Waals surface area contributed by atoms with Gasteiger partial charge in [0.1, 0.15) is 0 Å². The second kappa shape index (κ2) is 14.4. The molecule has 1 aliphatic rings. The van der Waals surface area contributed by atoms with Crippen LogP contribution in [0.25, 0.3) is 75.8 Å². The molecule has 0 unspecified atom stereocenters. The highest BCUT2D eigenvalue weighted by atomic mass is 32.1. The van der Waals surface area contributed by atoms with Crippen molar-refractivity contribution in [3.8, 4) is 55.6 Å². The van der Waals surface area contributed by atoms with Gasteiger partial charge in [0, 0.05) is 42.6 Å². The maximum atomic E-state index is 2.43. The highest BCUT2D eigenvalue weighted by Crippen LogP contribution is 2.52. The van der Waals surface area contributed by atoms with Gasteiger partial charge in [-0.2, -0.15) is 0 Å². The molecule has 0 bridgehead atoms. The zero-order valence-electron chi connectivity index (χ0n) is 34.0. The van der Waals surface area contributed by atoms with Crippen LogP contribution in [0.4, 0.5) is 17.1 Å². The van der Waals surface area contributed by atoms with E-state index in [9.17, 15) is 0 Å². The molecule has 0 spiro atoms. The standard InChI is InChI=1S/C58H43NS/c1-38-16-18-40(19-17-38)43-12-9-13-44(34-43)41-20-26-47(27-21-41)59(48-28-22-42(23-29-48)45-25-33-57-53(35-45)52-14-7-8-15-56(52)60-57)49-30-32-51-50-31-24-46(39-10-5-4-6-11-39)36-54(50)58(2,3)55(51)37-49/h4-37H,1-3H3. The second-order valence-corrected chi connectivity index (χ2v) is 17.8. The van der Waals surface area contributed by atoms with Crippen LogP contribution in [-0.4, -0.2) is 0 Å². The summed E-state index contributed by atoms with van der Waals surface area (Å²) in [5, 5.41) is 2.64. The molecular formula is C58H43NS. The van der Waals surface area contributed by atoms with Crippen molar-refractivity contribution in [2.24, 2.45) is 0 Å². The van der Waals surface area contributed by atoms with Crippen LogP contribution >= 0.6 is 11.3 Å². The summed E-state index contributed by atoms with van der Waals surface area (Å²) in [5.41, 5.74) is 19.6. The Morgan fingerprint density at radius 1 is 0.350 bits per heavy atom. The minimum absolute atomic E-state index is 0.169. The number of nitrogens with zero attached hydrogens (tertiary/aromatic N) is 1. The van der Waals surface area contributed by atoms with Crippen LogP contribution in [0.15, 0.2) is 206 Å². The molecule has 286 valence electrons. The van der Waals surface area contributed by atoms with Gasteiger partial charge in [-0.3, -0.25) is 0 Å². The molecule has 0 amide bonds. The van der Waals surface area contributed by atoms with Crippen molar-refractivity contribution in [2.45, 2.75) is 26.2 Å². The van der Waals surface area contributed by atoms with Crippen LogP contribution in [0, 0.1) is 6.92 Å². The Balaban J connectivity index is 0.987. The van der Waals surface area contributed by atoms with E-state index in [0.717, 1.165) is 17.1 Å². The number of anilines is 3. The Kier molecular flexibility index (Phi) is 8.65. The molecule has 0 atom stereocenters. The van der Waals surface area contributed by atoms with Crippen molar-refractivity contribution < 1.29 is 0 Å². The maximum Gasteiger partial charge on any atom is 0.0465 e. The van der Waals surface area contributed by atoms with Crippen molar-refractivity contribution in [1.82, 2.24) is 0 Å². The molecule has 1 nitrogen and oxygen atoms in total. The summed E-state index contributed by atoms with van der Waals surface area (Å²) in [7, 11) is 0. The predicted octanol–water partition coefficient (Wildman–Crippen LogP) is 16.8. The first-order valence-corrected chi connectivity index (χ1v) is 21.6. The van der Waals surface area contributed by atoms with E-state index in [-0.39, 0.29) is 5.41 Å². The van der Waals surface area contributed by atoms with E-state index < -0.39 is 0 Å². The lowest BCUT2D eigenvalue weighted by Gasteiger charge is -2.28. The third-order valence-electron chi connectivity index (χ3n) is 12.6. The second-order valence-electron chi connectivity index (χ2n) is 16.7. The Hall–Kier alpha value is -7.00. The maximum absolute atomic E-state index is 2.43. The van der Waals surface area contributed by atoms with Gasteiger partial charge < -0.3 is 4.90 Å². The third-order valence-corrected chi connectivity index (χ3v) is 13.7. The minimum atomic E-state index is -0.169. The monoisotopic (exact) mass is 785 g/mol. The van der Waals surface area contributed by atoms with E-state index in [4.69, 9.17) is 0 Å². The van der Waals surface area contributed by atoms with E-state index in [0.29, 0.717) is 0 Å². The Morgan fingerprint density at radius 3 is 1.50 bits per heavy atom. The molecule has 1 aromatic heterocycles. The van der Waals surface area contributed by atoms with Crippen LogP contribution in [0.5, 0.6) is 0 Å². The lowest BCUT2D eigenvalue weighted by Crippen LogP contribution is -2.16. The third kappa shape index (κ3) is 6.24. The van der Waals surface area contributed by atoms with E-state index in [1.165, 1.54) is 92.5 Å². The fraction of sp³-hybridized carbons (Fsp3) is 0.0690. The van der Waals surface area contributed by atoms with Gasteiger partial charge in [-0.25, -0.2) is 0 Å². The van der Waals surface area contributed by atoms with Crippen LogP contribution in [0.1, 0.15) is 30.5 Å². The summed E-state index contributed by atoms with van der Waals surface area (Å²) in [6.07, 6.45) is 0. The largest absolute Gasteiger partial charge is 0.310 e. The van der Waals surface area contributed by atoms with E-state index in [1.807, 2.05) is 11.3 Å². The molecule has 0 N–H and O–H groups in total. The molecule has 2 heteroatoms. The molecule has 0 fully saturated rings. The Bertz CT molecular complexity index is 3210. The summed E-state index contributed by atoms with van der Waals surface area (Å²) in [6.45, 7) is 6.89. The minimum Gasteiger partial charge on any atom is -0.310 e. The lowest BCUT2D eigenvalue weighted by atomic mass is 9.81. The fourth-order valence-corrected chi connectivity index (χ4v) is 10.3. The van der Waals surface area contributed by atoms with Crippen LogP contribution < -0.4 is 4.90 Å². The summed E-state index contributed by atoms with van der Waals surface area (Å²) in [4.78, 5) is 2.42. The van der Waals surface area contributed by atoms with E-state index >= 15 is 0 Å². The summed E-state index contributed by atoms with van der Waals surface area (Å²) >= 11 is 1.86. The topological polar surface area (TPSA) is 3.24 Å². The zero-order valence-corrected chi connectivity index (χ0v) is 34.8. The van der Waals surface area contributed by atoms with Crippen molar-refractivity contribution in [3.63, 3.8) is 0 Å². The van der Waals surface area contributed by atoms with Gasteiger partial charge in [-0.05, 0) is 140 Å². The van der Waals surface area contributed by atoms with Gasteiger partial charge in [0.2, 0.25) is 0 Å². The molecule has 11 rings (SSSR count). The number of benzene rings is 9. The highest BCUT2D eigenvalue weighted by molar-refractivity contribution is 7.25. The number of hydrogen-bond donors (Lipinski definition) is 0. The first-order chi connectivity index (χ1) is 29.4. The van der Waals surface area contributed by atoms with Crippen LogP contribution in [-0.2, 0) is 5.41 Å². The van der Waals surface area contributed by atoms with Crippen LogP contribution in [0.3, 0.4) is 0 Å². The van der Waals surface area contributed by atoms with E-state index in [1.54, 1.807) is 0 Å². The normalized spacial score (nSPS) is 12.7. The van der Waals surface area contributed by atoms with Gasteiger partial charge in [0.25, 0.3) is 0 Å². The molecule has 0 saturated heterocycles. The van der Waals surface area contributed by atoms with Gasteiger partial charge >= 0.3 is 0 Å². The van der Waals surface area contributed by atoms with Crippen molar-refractivity contribution in [3.05, 3.63) is 223 Å². The van der Waals surface area contributed by atoms with Crippen molar-refractivity contribution in [1.29, 1.82) is 0 Å². The van der Waals surface area contributed by atoms with Crippen LogP contribution in [0.2, 0.25) is 0 Å². The zero-order chi connectivity index (χ0) is 40.4. The molecular weight excluding hydrogens is 743 g/mol. The summed E-state index contributed by atoms with van der Waals surface area (Å²) in [5.74, 6) is 0. The molecule has 0 radical (unpaired) electrons. The number of rotatable bonds is 7. The molecule has 60 heavy (non-hydrogen) atoms. The summed E-state index contributed by atoms with van der Waals surface area (Å²) < 4.78 is 2.66. The van der Waals surface area contributed by atoms with Gasteiger partial charge in [-0.1, -0.05) is 159 Å². The molecule has 0 aliphatic heterocycles. The van der Waals surface area contributed by atoms with Gasteiger partial charge in [-0.15, -0.1) is 11.3 Å². The molecule has 0 saturated carbocycles. The molecule has 9 aromatic carbocycles. The highest BCUT2D eigenvalue weighted by Gasteiger charge is 2.36. The Morgan fingerprint density at radius 2 is 0.817 bits per heavy atom. The van der Waals surface area contributed by atoms with Crippen molar-refractivity contribution >= 4 is 48.6 Å². The number of aryl methyl sites for hydroxylation is 1. The smallest absolute Gasteiger partial charge is 0.0465 e. The summed E-state index contributed by atoms with van der Waals surface area (Å²) in [6, 6.07) is 76.3. The van der Waals surface area contributed by atoms with Crippen molar-refractivity contribution in [2.75, 3.05) is 4.90 Å². The lowest BCUT2D eigenvalue weighted by molar-refractivity contribution is 0.660. The molecule has 1 aliphatic carbocycles. The Labute approximate surface area is 356 Å². The van der Waals surface area contributed by atoms with Gasteiger partial charge in [0.05, 0.1) is 0 Å². The fourth-order valence-electron chi connectivity index (χ4n) is 9.26. The molecule has 10 aromatic rings. The predicted molar refractivity (Wildman–Crippen MR) is 258 cm³/mol. The number of thiophene rings is 1. The van der Waals surface area contributed by atoms with Gasteiger partial charge in [0.15, 0.2) is 0 Å². The molecule has 1 heterocycles. The number of fused-ring (bicyclic) bond motifs is 6. The number of hydrogen-bond acceptors (Lipinski definition) is 2. The first kappa shape index (κ1) is 36.1. The average molecular weight is 786 g/mol. The quantitative estimate of drug-likeness (QED) is 0.156.